The molecule has 0 unspecified atom stereocenters. The summed E-state index contributed by atoms with van der Waals surface area (Å²) < 4.78 is 5.42. The summed E-state index contributed by atoms with van der Waals surface area (Å²) in [5.41, 5.74) is 0. The van der Waals surface area contributed by atoms with Gasteiger partial charge in [-0.2, -0.15) is 0 Å². The SMILES string of the molecule is CO[C@H]1CCCC[C@@H]1NC(=O)N[C@H]1CCCC[C@@H]1O. The first-order valence-electron chi connectivity index (χ1n) is 7.48. The number of carbonyl (C=O) groups excluding carboxylic acids is 1. The maximum absolute atomic E-state index is 12.0. The van der Waals surface area contributed by atoms with E-state index in [-0.39, 0.29) is 24.2 Å². The molecule has 5 heteroatoms. The van der Waals surface area contributed by atoms with Crippen LogP contribution in [0.1, 0.15) is 51.4 Å². The van der Waals surface area contributed by atoms with Crippen LogP contribution in [0.4, 0.5) is 4.79 Å². The number of nitrogens with one attached hydrogen (secondary N) is 2. The topological polar surface area (TPSA) is 70.6 Å². The van der Waals surface area contributed by atoms with Crippen molar-refractivity contribution in [3.8, 4) is 0 Å². The van der Waals surface area contributed by atoms with Crippen molar-refractivity contribution >= 4 is 6.03 Å². The lowest BCUT2D eigenvalue weighted by Gasteiger charge is -2.33. The van der Waals surface area contributed by atoms with E-state index in [0.717, 1.165) is 44.9 Å². The molecule has 0 bridgehead atoms. The average Bonchev–Trinajstić information content (AvgIpc) is 2.42. The van der Waals surface area contributed by atoms with Crippen molar-refractivity contribution in [3.63, 3.8) is 0 Å². The lowest BCUT2D eigenvalue weighted by Crippen LogP contribution is -2.54. The summed E-state index contributed by atoms with van der Waals surface area (Å²) in [4.78, 5) is 12.0. The third kappa shape index (κ3) is 4.08. The summed E-state index contributed by atoms with van der Waals surface area (Å²) in [6.07, 6.45) is 7.78. The Morgan fingerprint density at radius 2 is 1.58 bits per heavy atom. The Balaban J connectivity index is 1.79. The van der Waals surface area contributed by atoms with Gasteiger partial charge in [0.05, 0.1) is 24.3 Å². The fourth-order valence-electron chi connectivity index (χ4n) is 3.20. The van der Waals surface area contributed by atoms with Gasteiger partial charge < -0.3 is 20.5 Å². The normalized spacial score (nSPS) is 35.7. The third-order valence-corrected chi connectivity index (χ3v) is 4.37. The van der Waals surface area contributed by atoms with Crippen LogP contribution in [0.2, 0.25) is 0 Å². The number of aliphatic hydroxyl groups excluding tert-OH is 1. The molecule has 0 spiro atoms. The van der Waals surface area contributed by atoms with Gasteiger partial charge in [0.15, 0.2) is 0 Å². The molecule has 110 valence electrons. The predicted octanol–water partition coefficient (Wildman–Crippen LogP) is 1.55. The van der Waals surface area contributed by atoms with E-state index in [9.17, 15) is 9.90 Å². The van der Waals surface area contributed by atoms with Gasteiger partial charge in [0.1, 0.15) is 0 Å². The first-order valence-corrected chi connectivity index (χ1v) is 7.48. The minimum atomic E-state index is -0.399. The second-order valence-corrected chi connectivity index (χ2v) is 5.74. The van der Waals surface area contributed by atoms with Crippen molar-refractivity contribution < 1.29 is 14.6 Å². The zero-order chi connectivity index (χ0) is 13.7. The highest BCUT2D eigenvalue weighted by Gasteiger charge is 2.28. The molecule has 2 aliphatic carbocycles. The molecule has 2 rings (SSSR count). The van der Waals surface area contributed by atoms with E-state index < -0.39 is 6.10 Å². The number of hydrogen-bond donors (Lipinski definition) is 3. The number of urea groups is 1. The fraction of sp³-hybridized carbons (Fsp3) is 0.929. The molecule has 19 heavy (non-hydrogen) atoms. The van der Waals surface area contributed by atoms with Gasteiger partial charge in [-0.05, 0) is 25.7 Å². The van der Waals surface area contributed by atoms with Gasteiger partial charge in [-0.15, -0.1) is 0 Å². The highest BCUT2D eigenvalue weighted by atomic mass is 16.5. The number of carbonyl (C=O) groups is 1. The van der Waals surface area contributed by atoms with E-state index >= 15 is 0 Å². The lowest BCUT2D eigenvalue weighted by molar-refractivity contribution is 0.0439. The Bertz CT molecular complexity index is 298. The highest BCUT2D eigenvalue weighted by molar-refractivity contribution is 5.74. The van der Waals surface area contributed by atoms with Crippen LogP contribution in [-0.4, -0.2) is 42.5 Å². The van der Waals surface area contributed by atoms with Crippen molar-refractivity contribution in [1.29, 1.82) is 0 Å². The molecule has 0 aromatic heterocycles. The van der Waals surface area contributed by atoms with Gasteiger partial charge in [0, 0.05) is 7.11 Å². The van der Waals surface area contributed by atoms with E-state index in [1.165, 1.54) is 6.42 Å². The number of hydrogen-bond acceptors (Lipinski definition) is 3. The number of amides is 2. The minimum Gasteiger partial charge on any atom is -0.391 e. The monoisotopic (exact) mass is 270 g/mol. The standard InChI is InChI=1S/C14H26N2O3/c1-19-13-9-5-3-7-11(13)16-14(18)15-10-6-2-4-8-12(10)17/h10-13,17H,2-9H2,1H3,(H2,15,16,18)/t10-,11-,12-,13-/m0/s1. The van der Waals surface area contributed by atoms with E-state index in [1.807, 2.05) is 0 Å². The molecule has 4 atom stereocenters. The molecule has 2 fully saturated rings. The largest absolute Gasteiger partial charge is 0.391 e. The van der Waals surface area contributed by atoms with Crippen LogP contribution >= 0.6 is 0 Å². The molecule has 0 heterocycles. The van der Waals surface area contributed by atoms with E-state index in [4.69, 9.17) is 4.74 Å². The first kappa shape index (κ1) is 14.6. The Morgan fingerprint density at radius 3 is 2.26 bits per heavy atom. The van der Waals surface area contributed by atoms with Crippen LogP contribution in [0, 0.1) is 0 Å². The molecular weight excluding hydrogens is 244 g/mol. The maximum Gasteiger partial charge on any atom is 0.315 e. The minimum absolute atomic E-state index is 0.0967. The Kier molecular flexibility index (Phi) is 5.45. The Labute approximate surface area is 115 Å². The summed E-state index contributed by atoms with van der Waals surface area (Å²) in [5, 5.41) is 15.8. The molecule has 5 nitrogen and oxygen atoms in total. The van der Waals surface area contributed by atoms with Gasteiger partial charge in [0.25, 0.3) is 0 Å². The van der Waals surface area contributed by atoms with Crippen molar-refractivity contribution in [2.24, 2.45) is 0 Å². The lowest BCUT2D eigenvalue weighted by atomic mass is 9.92. The molecule has 0 aromatic carbocycles. The van der Waals surface area contributed by atoms with Crippen LogP contribution in [-0.2, 0) is 4.74 Å². The molecule has 0 saturated heterocycles. The summed E-state index contributed by atoms with van der Waals surface area (Å²) in [7, 11) is 1.70. The maximum atomic E-state index is 12.0. The van der Waals surface area contributed by atoms with Gasteiger partial charge in [-0.25, -0.2) is 4.79 Å². The Hall–Kier alpha value is -0.810. The molecule has 0 aliphatic heterocycles. The molecular formula is C14H26N2O3. The second-order valence-electron chi connectivity index (χ2n) is 5.74. The quantitative estimate of drug-likeness (QED) is 0.728. The van der Waals surface area contributed by atoms with Crippen molar-refractivity contribution in [2.75, 3.05) is 7.11 Å². The smallest absolute Gasteiger partial charge is 0.315 e. The van der Waals surface area contributed by atoms with Crippen LogP contribution in [0.15, 0.2) is 0 Å². The molecule has 2 aliphatic rings. The first-order chi connectivity index (χ1) is 9.20. The number of aliphatic hydroxyl groups is 1. The van der Waals surface area contributed by atoms with Crippen molar-refractivity contribution in [1.82, 2.24) is 10.6 Å². The van der Waals surface area contributed by atoms with Crippen LogP contribution < -0.4 is 10.6 Å². The number of methoxy groups -OCH3 is 1. The second kappa shape index (κ2) is 7.10. The molecule has 2 amide bonds. The van der Waals surface area contributed by atoms with Gasteiger partial charge >= 0.3 is 6.03 Å². The molecule has 2 saturated carbocycles. The zero-order valence-corrected chi connectivity index (χ0v) is 11.7. The van der Waals surface area contributed by atoms with Gasteiger partial charge in [-0.1, -0.05) is 25.7 Å². The molecule has 0 radical (unpaired) electrons. The number of rotatable bonds is 3. The molecule has 3 N–H and O–H groups in total. The van der Waals surface area contributed by atoms with Crippen molar-refractivity contribution in [3.05, 3.63) is 0 Å². The third-order valence-electron chi connectivity index (χ3n) is 4.37. The summed E-state index contributed by atoms with van der Waals surface area (Å²) in [5.74, 6) is 0. The van der Waals surface area contributed by atoms with Crippen molar-refractivity contribution in [2.45, 2.75) is 75.7 Å². The van der Waals surface area contributed by atoms with E-state index in [0.29, 0.717) is 0 Å². The van der Waals surface area contributed by atoms with Crippen LogP contribution in [0.3, 0.4) is 0 Å². The van der Waals surface area contributed by atoms with Gasteiger partial charge in [0.2, 0.25) is 0 Å². The average molecular weight is 270 g/mol. The fourth-order valence-corrected chi connectivity index (χ4v) is 3.20. The predicted molar refractivity (Wildman–Crippen MR) is 73.0 cm³/mol. The van der Waals surface area contributed by atoms with E-state index in [2.05, 4.69) is 10.6 Å². The highest BCUT2D eigenvalue weighted by Crippen LogP contribution is 2.21. The van der Waals surface area contributed by atoms with Crippen LogP contribution in [0.25, 0.3) is 0 Å². The summed E-state index contributed by atoms with van der Waals surface area (Å²) in [6, 6.07) is -0.169. The molecule has 0 aromatic rings. The number of ether oxygens (including phenoxy) is 1. The van der Waals surface area contributed by atoms with Gasteiger partial charge in [-0.3, -0.25) is 0 Å². The Morgan fingerprint density at radius 1 is 1.00 bits per heavy atom. The van der Waals surface area contributed by atoms with E-state index in [1.54, 1.807) is 7.11 Å². The zero-order valence-electron chi connectivity index (χ0n) is 11.7. The summed E-state index contributed by atoms with van der Waals surface area (Å²) in [6.45, 7) is 0. The summed E-state index contributed by atoms with van der Waals surface area (Å²) >= 11 is 0. The van der Waals surface area contributed by atoms with Crippen LogP contribution in [0.5, 0.6) is 0 Å².